The molecule has 33 heavy (non-hydrogen) atoms. The highest BCUT2D eigenvalue weighted by Crippen LogP contribution is 2.47. The number of rotatable bonds is 8. The zero-order chi connectivity index (χ0) is 24.1. The number of para-hydroxylation sites is 1. The number of carbonyl (C=O) groups excluding carboxylic acids is 3. The molecule has 1 aromatic rings. The number of Topliss-reactive ketones (excluding diaryl/α,β-unsaturated/α-hetero) is 1. The van der Waals surface area contributed by atoms with Crippen molar-refractivity contribution in [2.75, 3.05) is 32.3 Å². The first-order valence-corrected chi connectivity index (χ1v) is 12.2. The zero-order valence-electron chi connectivity index (χ0n) is 19.7. The first kappa shape index (κ1) is 24.9. The molecule has 0 saturated heterocycles. The highest BCUT2D eigenvalue weighted by molar-refractivity contribution is 7.99. The van der Waals surface area contributed by atoms with Crippen LogP contribution in [0.2, 0.25) is 0 Å². The van der Waals surface area contributed by atoms with Crippen molar-refractivity contribution in [1.29, 1.82) is 0 Å². The third kappa shape index (κ3) is 4.95. The van der Waals surface area contributed by atoms with Gasteiger partial charge < -0.3 is 19.5 Å². The molecule has 0 amide bonds. The van der Waals surface area contributed by atoms with Gasteiger partial charge in [-0.25, -0.2) is 4.79 Å². The number of benzene rings is 1. The van der Waals surface area contributed by atoms with Crippen LogP contribution in [0.15, 0.2) is 46.8 Å². The number of esters is 2. The first-order chi connectivity index (χ1) is 15.8. The van der Waals surface area contributed by atoms with Gasteiger partial charge in [-0.1, -0.05) is 32.0 Å². The summed E-state index contributed by atoms with van der Waals surface area (Å²) in [5.74, 6) is -1.08. The van der Waals surface area contributed by atoms with Crippen LogP contribution in [-0.2, 0) is 23.9 Å². The van der Waals surface area contributed by atoms with Crippen molar-refractivity contribution in [3.63, 3.8) is 0 Å². The SMILES string of the molecule is CCSCCOC(=O)C1=C(C)NC2=C(C(=O)[C@H](C(=O)OC)[C@@H](C)C2)[C@H]1c1ccccc1OC. The Morgan fingerprint density at radius 1 is 1.21 bits per heavy atom. The lowest BCUT2D eigenvalue weighted by atomic mass is 9.69. The van der Waals surface area contributed by atoms with Crippen LogP contribution < -0.4 is 10.1 Å². The van der Waals surface area contributed by atoms with Gasteiger partial charge in [0.25, 0.3) is 0 Å². The molecule has 7 nitrogen and oxygen atoms in total. The van der Waals surface area contributed by atoms with Crippen molar-refractivity contribution in [3.8, 4) is 5.75 Å². The lowest BCUT2D eigenvalue weighted by molar-refractivity contribution is -0.151. The first-order valence-electron chi connectivity index (χ1n) is 11.1. The van der Waals surface area contributed by atoms with Crippen LogP contribution in [0.5, 0.6) is 5.75 Å². The van der Waals surface area contributed by atoms with Gasteiger partial charge >= 0.3 is 11.9 Å². The average Bonchev–Trinajstić information content (AvgIpc) is 2.80. The minimum Gasteiger partial charge on any atom is -0.496 e. The standard InChI is InChI=1S/C25H31NO6S/c1-6-33-12-11-32-25(29)20-15(3)26-17-13-14(2)19(24(28)31-5)23(27)22(17)21(20)16-9-7-8-10-18(16)30-4/h7-10,14,19,21,26H,6,11-13H2,1-5H3/t14-,19+,21-/m0/s1. The van der Waals surface area contributed by atoms with E-state index in [4.69, 9.17) is 14.2 Å². The molecule has 2 aliphatic rings. The van der Waals surface area contributed by atoms with Crippen LogP contribution in [-0.4, -0.2) is 50.1 Å². The van der Waals surface area contributed by atoms with Crippen LogP contribution in [0.3, 0.4) is 0 Å². The lowest BCUT2D eigenvalue weighted by Crippen LogP contribution is -2.43. The summed E-state index contributed by atoms with van der Waals surface area (Å²) in [5.41, 5.74) is 2.78. The number of carbonyl (C=O) groups is 3. The number of ketones is 1. The van der Waals surface area contributed by atoms with Gasteiger partial charge in [0.15, 0.2) is 5.78 Å². The van der Waals surface area contributed by atoms with Crippen molar-refractivity contribution < 1.29 is 28.6 Å². The van der Waals surface area contributed by atoms with Crippen molar-refractivity contribution in [3.05, 3.63) is 52.4 Å². The highest BCUT2D eigenvalue weighted by Gasteiger charge is 2.47. The van der Waals surface area contributed by atoms with Crippen LogP contribution in [0.25, 0.3) is 0 Å². The second kappa shape index (κ2) is 10.9. The lowest BCUT2D eigenvalue weighted by Gasteiger charge is -2.38. The molecule has 0 aromatic heterocycles. The highest BCUT2D eigenvalue weighted by atomic mass is 32.2. The van der Waals surface area contributed by atoms with Gasteiger partial charge in [-0.3, -0.25) is 9.59 Å². The molecule has 0 unspecified atom stereocenters. The Morgan fingerprint density at radius 3 is 2.61 bits per heavy atom. The van der Waals surface area contributed by atoms with E-state index in [1.54, 1.807) is 24.9 Å². The monoisotopic (exact) mass is 473 g/mol. The molecule has 1 aromatic carbocycles. The van der Waals surface area contributed by atoms with E-state index in [9.17, 15) is 14.4 Å². The fraction of sp³-hybridized carbons (Fsp3) is 0.480. The molecule has 0 saturated carbocycles. The van der Waals surface area contributed by atoms with Crippen molar-refractivity contribution in [2.45, 2.75) is 33.1 Å². The average molecular weight is 474 g/mol. The van der Waals surface area contributed by atoms with Crippen molar-refractivity contribution in [2.24, 2.45) is 11.8 Å². The van der Waals surface area contributed by atoms with Crippen LogP contribution in [0, 0.1) is 11.8 Å². The number of hydrogen-bond donors (Lipinski definition) is 1. The number of ether oxygens (including phenoxy) is 3. The fourth-order valence-corrected chi connectivity index (χ4v) is 5.07. The summed E-state index contributed by atoms with van der Waals surface area (Å²) >= 11 is 1.68. The molecule has 3 rings (SSSR count). The molecule has 0 fully saturated rings. The van der Waals surface area contributed by atoms with Gasteiger partial charge in [-0.05, 0) is 31.1 Å². The molecule has 1 heterocycles. The minimum absolute atomic E-state index is 0.234. The second-order valence-electron chi connectivity index (χ2n) is 8.11. The molecule has 8 heteroatoms. The number of methoxy groups -OCH3 is 2. The summed E-state index contributed by atoms with van der Waals surface area (Å²) in [4.78, 5) is 39.5. The molecule has 3 atom stereocenters. The summed E-state index contributed by atoms with van der Waals surface area (Å²) in [7, 11) is 2.83. The van der Waals surface area contributed by atoms with Crippen LogP contribution in [0.1, 0.15) is 38.7 Å². The smallest absolute Gasteiger partial charge is 0.336 e. The van der Waals surface area contributed by atoms with E-state index in [1.807, 2.05) is 39.0 Å². The third-order valence-electron chi connectivity index (χ3n) is 6.08. The van der Waals surface area contributed by atoms with E-state index in [-0.39, 0.29) is 18.3 Å². The molecule has 0 bridgehead atoms. The Morgan fingerprint density at radius 2 is 1.94 bits per heavy atom. The molecule has 1 aliphatic heterocycles. The Labute approximate surface area is 198 Å². The number of thioether (sulfide) groups is 1. The fourth-order valence-electron chi connectivity index (χ4n) is 4.58. The topological polar surface area (TPSA) is 90.9 Å². The Kier molecular flexibility index (Phi) is 8.24. The largest absolute Gasteiger partial charge is 0.496 e. The quantitative estimate of drug-likeness (QED) is 0.348. The van der Waals surface area contributed by atoms with Gasteiger partial charge in [-0.2, -0.15) is 11.8 Å². The van der Waals surface area contributed by atoms with E-state index in [1.165, 1.54) is 7.11 Å². The summed E-state index contributed by atoms with van der Waals surface area (Å²) in [6.07, 6.45) is 0.485. The van der Waals surface area contributed by atoms with Gasteiger partial charge in [0.1, 0.15) is 18.3 Å². The number of dihydropyridines is 1. The maximum atomic E-state index is 13.7. The van der Waals surface area contributed by atoms with Crippen LogP contribution in [0.4, 0.5) is 0 Å². The minimum atomic E-state index is -0.926. The molecular formula is C25H31NO6S. The van der Waals surface area contributed by atoms with E-state index >= 15 is 0 Å². The zero-order valence-corrected chi connectivity index (χ0v) is 20.5. The van der Waals surface area contributed by atoms with Gasteiger partial charge in [0.05, 0.1) is 25.7 Å². The summed E-state index contributed by atoms with van der Waals surface area (Å²) in [5, 5.41) is 3.27. The predicted octanol–water partition coefficient (Wildman–Crippen LogP) is 3.60. The molecular weight excluding hydrogens is 442 g/mol. The van der Waals surface area contributed by atoms with E-state index in [0.717, 1.165) is 11.4 Å². The molecule has 1 aliphatic carbocycles. The summed E-state index contributed by atoms with van der Waals surface area (Å²) in [6, 6.07) is 7.30. The van der Waals surface area contributed by atoms with Gasteiger partial charge in [-0.15, -0.1) is 0 Å². The molecule has 0 radical (unpaired) electrons. The molecule has 0 spiro atoms. The maximum Gasteiger partial charge on any atom is 0.336 e. The number of hydrogen-bond acceptors (Lipinski definition) is 8. The van der Waals surface area contributed by atoms with Gasteiger partial charge in [0.2, 0.25) is 0 Å². The normalized spacial score (nSPS) is 22.5. The number of allylic oxidation sites excluding steroid dienone is 3. The summed E-state index contributed by atoms with van der Waals surface area (Å²) < 4.78 is 16.1. The Balaban J connectivity index is 2.12. The van der Waals surface area contributed by atoms with Crippen molar-refractivity contribution in [1.82, 2.24) is 5.32 Å². The Hall–Kier alpha value is -2.74. The van der Waals surface area contributed by atoms with E-state index < -0.39 is 23.8 Å². The predicted molar refractivity (Wildman–Crippen MR) is 127 cm³/mol. The maximum absolute atomic E-state index is 13.7. The van der Waals surface area contributed by atoms with Crippen LogP contribution >= 0.6 is 11.8 Å². The van der Waals surface area contributed by atoms with E-state index in [0.29, 0.717) is 40.3 Å². The molecule has 1 N–H and O–H groups in total. The summed E-state index contributed by atoms with van der Waals surface area (Å²) in [6.45, 7) is 5.99. The third-order valence-corrected chi connectivity index (χ3v) is 6.94. The molecule has 178 valence electrons. The number of nitrogens with one attached hydrogen (secondary N) is 1. The van der Waals surface area contributed by atoms with E-state index in [2.05, 4.69) is 5.32 Å². The Bertz CT molecular complexity index is 998. The van der Waals surface area contributed by atoms with Gasteiger partial charge in [0, 0.05) is 28.3 Å². The second-order valence-corrected chi connectivity index (χ2v) is 9.50. The van der Waals surface area contributed by atoms with Crippen molar-refractivity contribution >= 4 is 29.5 Å².